The smallest absolute Gasteiger partial charge is 0.363 e. The lowest BCUT2D eigenvalue weighted by Gasteiger charge is -2.41. The van der Waals surface area contributed by atoms with Crippen LogP contribution in [0.1, 0.15) is 25.1 Å². The van der Waals surface area contributed by atoms with Gasteiger partial charge in [0, 0.05) is 17.5 Å². The fraction of sp³-hybridized carbons (Fsp3) is 0.348. The summed E-state index contributed by atoms with van der Waals surface area (Å²) >= 11 is 6.30. The predicted octanol–water partition coefficient (Wildman–Crippen LogP) is 0.143. The second-order valence-corrected chi connectivity index (χ2v) is 11.7. The standard InChI is InChI=1S/C23H23ClN6O13S2/c1-23(2,21(35)42-9-11-4-6-12(7-5-11)30(36)37)43-28-15(13-10-44-22(25-13)26-14(31)8-24)18(32)27-16-17(20(34)41-3)29(19(16)33)45(38,39)40/h4-7,10,16-17H,8-9H2,1-3H3,(H,27,32)(H,25,26,31)(H,38,39,40)/t16-,17-/m0/s1. The summed E-state index contributed by atoms with van der Waals surface area (Å²) in [6.07, 6.45) is 0. The number of nitrogens with one attached hydrogen (secondary N) is 2. The summed E-state index contributed by atoms with van der Waals surface area (Å²) in [6, 6.07) is 1.36. The predicted molar refractivity (Wildman–Crippen MR) is 152 cm³/mol. The van der Waals surface area contributed by atoms with Gasteiger partial charge in [-0.25, -0.2) is 14.6 Å². The molecule has 3 amide bonds. The number of hydrogen-bond acceptors (Lipinski definition) is 15. The van der Waals surface area contributed by atoms with Crippen molar-refractivity contribution in [3.63, 3.8) is 0 Å². The van der Waals surface area contributed by atoms with Crippen LogP contribution in [0.3, 0.4) is 0 Å². The third-order valence-corrected chi connectivity index (χ3v) is 7.64. The lowest BCUT2D eigenvalue weighted by atomic mass is 9.98. The Morgan fingerprint density at radius 1 is 1.24 bits per heavy atom. The summed E-state index contributed by atoms with van der Waals surface area (Å²) in [5.41, 5.74) is -2.60. The molecule has 0 saturated carbocycles. The number of methoxy groups -OCH3 is 1. The largest absolute Gasteiger partial charge is 0.467 e. The number of amides is 3. The lowest BCUT2D eigenvalue weighted by molar-refractivity contribution is -0.384. The maximum atomic E-state index is 13.3. The Hall–Kier alpha value is -4.73. The van der Waals surface area contributed by atoms with Gasteiger partial charge in [-0.3, -0.25) is 29.1 Å². The van der Waals surface area contributed by atoms with E-state index in [-0.39, 0.29) is 27.4 Å². The first-order valence-corrected chi connectivity index (χ1v) is 15.0. The zero-order chi connectivity index (χ0) is 33.7. The Bertz CT molecular complexity index is 1660. The molecule has 1 aliphatic rings. The number of nitro groups is 1. The molecule has 2 heterocycles. The highest BCUT2D eigenvalue weighted by molar-refractivity contribution is 7.84. The molecule has 0 spiro atoms. The van der Waals surface area contributed by atoms with E-state index in [1.54, 1.807) is 0 Å². The molecule has 45 heavy (non-hydrogen) atoms. The number of carbonyl (C=O) groups is 5. The SMILES string of the molecule is COC(=O)[C@@H]1[C@H](NC(=O)C(=NOC(C)(C)C(=O)OCc2ccc([N+](=O)[O-])cc2)c2csc(NC(=O)CCl)n2)C(=O)N1S(=O)(=O)O. The Kier molecular flexibility index (Phi) is 10.8. The van der Waals surface area contributed by atoms with Gasteiger partial charge in [-0.15, -0.1) is 22.9 Å². The molecule has 0 radical (unpaired) electrons. The highest BCUT2D eigenvalue weighted by Crippen LogP contribution is 2.25. The molecule has 0 bridgehead atoms. The van der Waals surface area contributed by atoms with Crippen LogP contribution in [0.25, 0.3) is 0 Å². The van der Waals surface area contributed by atoms with Gasteiger partial charge in [0.2, 0.25) is 11.5 Å². The summed E-state index contributed by atoms with van der Waals surface area (Å²) in [5.74, 6) is -5.97. The molecule has 0 aliphatic carbocycles. The highest BCUT2D eigenvalue weighted by atomic mass is 35.5. The number of benzene rings is 1. The van der Waals surface area contributed by atoms with Gasteiger partial charge in [-0.1, -0.05) is 5.16 Å². The van der Waals surface area contributed by atoms with Crippen LogP contribution in [-0.4, -0.2) is 93.2 Å². The highest BCUT2D eigenvalue weighted by Gasteiger charge is 2.58. The first-order chi connectivity index (χ1) is 21.0. The molecule has 3 rings (SSSR count). The number of hydrogen-bond donors (Lipinski definition) is 3. The Morgan fingerprint density at radius 3 is 2.44 bits per heavy atom. The van der Waals surface area contributed by atoms with Gasteiger partial charge in [-0.05, 0) is 31.5 Å². The topological polar surface area (TPSA) is 263 Å². The summed E-state index contributed by atoms with van der Waals surface area (Å²) in [5, 5.41) is 20.2. The molecular formula is C23H23ClN6O13S2. The van der Waals surface area contributed by atoms with E-state index in [1.807, 2.05) is 0 Å². The van der Waals surface area contributed by atoms with Gasteiger partial charge in [0.1, 0.15) is 24.2 Å². The molecule has 19 nitrogen and oxygen atoms in total. The number of nitro benzene ring substituents is 1. The number of esters is 2. The fourth-order valence-corrected chi connectivity index (χ4v) is 5.07. The van der Waals surface area contributed by atoms with Crippen molar-refractivity contribution in [2.45, 2.75) is 38.1 Å². The molecule has 1 aliphatic heterocycles. The molecule has 1 aromatic heterocycles. The summed E-state index contributed by atoms with van der Waals surface area (Å²) in [4.78, 5) is 81.9. The maximum absolute atomic E-state index is 13.3. The monoisotopic (exact) mass is 690 g/mol. The van der Waals surface area contributed by atoms with E-state index in [4.69, 9.17) is 21.2 Å². The van der Waals surface area contributed by atoms with Crippen LogP contribution >= 0.6 is 22.9 Å². The Labute approximate surface area is 262 Å². The van der Waals surface area contributed by atoms with E-state index < -0.39 is 74.2 Å². The summed E-state index contributed by atoms with van der Waals surface area (Å²) in [7, 11) is -4.33. The van der Waals surface area contributed by atoms with Crippen LogP contribution in [0.4, 0.5) is 10.8 Å². The number of halogens is 1. The van der Waals surface area contributed by atoms with E-state index in [0.29, 0.717) is 5.56 Å². The number of nitrogens with zero attached hydrogens (tertiary/aromatic N) is 4. The van der Waals surface area contributed by atoms with Gasteiger partial charge in [0.15, 0.2) is 16.9 Å². The van der Waals surface area contributed by atoms with Crippen LogP contribution in [0.15, 0.2) is 34.8 Å². The van der Waals surface area contributed by atoms with E-state index in [1.165, 1.54) is 43.5 Å². The number of ether oxygens (including phenoxy) is 2. The molecule has 1 aromatic carbocycles. The number of oxime groups is 1. The molecule has 22 heteroatoms. The minimum absolute atomic E-state index is 0.0392. The number of non-ortho nitro benzene ring substituents is 1. The fourth-order valence-electron chi connectivity index (χ4n) is 3.45. The van der Waals surface area contributed by atoms with E-state index >= 15 is 0 Å². The van der Waals surface area contributed by atoms with Crippen LogP contribution < -0.4 is 10.6 Å². The van der Waals surface area contributed by atoms with Crippen molar-refractivity contribution in [1.82, 2.24) is 14.6 Å². The van der Waals surface area contributed by atoms with E-state index in [9.17, 15) is 47.1 Å². The van der Waals surface area contributed by atoms with Gasteiger partial charge in [-0.2, -0.15) is 12.7 Å². The second-order valence-electron chi connectivity index (χ2n) is 9.29. The van der Waals surface area contributed by atoms with Crippen molar-refractivity contribution in [3.8, 4) is 0 Å². The Morgan fingerprint density at radius 2 is 1.89 bits per heavy atom. The van der Waals surface area contributed by atoms with Crippen LogP contribution in [0.2, 0.25) is 0 Å². The first kappa shape index (κ1) is 34.8. The van der Waals surface area contributed by atoms with Gasteiger partial charge >= 0.3 is 22.2 Å². The van der Waals surface area contributed by atoms with Crippen LogP contribution in [0, 0.1) is 10.1 Å². The first-order valence-electron chi connectivity index (χ1n) is 12.2. The average molecular weight is 691 g/mol. The number of carbonyl (C=O) groups excluding carboxylic acids is 5. The summed E-state index contributed by atoms with van der Waals surface area (Å²) < 4.78 is 42.0. The number of thiazole rings is 1. The lowest BCUT2D eigenvalue weighted by Crippen LogP contribution is -2.74. The van der Waals surface area contributed by atoms with Crippen molar-refractivity contribution < 1.29 is 56.2 Å². The summed E-state index contributed by atoms with van der Waals surface area (Å²) in [6.45, 7) is 2.15. The number of anilines is 1. The van der Waals surface area contributed by atoms with Crippen LogP contribution in [-0.2, 0) is 55.2 Å². The van der Waals surface area contributed by atoms with Gasteiger partial charge < -0.3 is 24.9 Å². The van der Waals surface area contributed by atoms with Crippen molar-refractivity contribution in [1.29, 1.82) is 0 Å². The van der Waals surface area contributed by atoms with Gasteiger partial charge in [0.05, 0.1) is 12.0 Å². The second kappa shape index (κ2) is 13.9. The molecular weight excluding hydrogens is 668 g/mol. The number of alkyl halides is 1. The number of β-lactam (4-membered cyclic amide) rings is 1. The van der Waals surface area contributed by atoms with Crippen molar-refractivity contribution in [3.05, 3.63) is 51.0 Å². The molecule has 3 N–H and O–H groups in total. The van der Waals surface area contributed by atoms with Crippen molar-refractivity contribution in [2.24, 2.45) is 5.16 Å². The zero-order valence-corrected chi connectivity index (χ0v) is 25.7. The molecule has 242 valence electrons. The zero-order valence-electron chi connectivity index (χ0n) is 23.3. The molecule has 2 atom stereocenters. The van der Waals surface area contributed by atoms with Crippen molar-refractivity contribution >= 4 is 79.4 Å². The van der Waals surface area contributed by atoms with Crippen molar-refractivity contribution in [2.75, 3.05) is 18.3 Å². The molecule has 2 aromatic rings. The Balaban J connectivity index is 1.85. The van der Waals surface area contributed by atoms with Crippen LogP contribution in [0.5, 0.6) is 0 Å². The van der Waals surface area contributed by atoms with E-state index in [2.05, 4.69) is 25.5 Å². The third-order valence-electron chi connectivity index (χ3n) is 5.73. The number of aromatic nitrogens is 1. The average Bonchev–Trinajstić information content (AvgIpc) is 3.43. The number of rotatable bonds is 13. The normalized spacial score (nSPS) is 16.7. The molecule has 1 fully saturated rings. The minimum atomic E-state index is -5.21. The van der Waals surface area contributed by atoms with E-state index in [0.717, 1.165) is 18.4 Å². The third kappa shape index (κ3) is 8.26. The quantitative estimate of drug-likeness (QED) is 0.0480. The molecule has 1 saturated heterocycles. The van der Waals surface area contributed by atoms with Gasteiger partial charge in [0.25, 0.3) is 17.5 Å². The maximum Gasteiger partial charge on any atom is 0.363 e. The molecule has 0 unspecified atom stereocenters. The minimum Gasteiger partial charge on any atom is -0.467 e.